The molecule has 0 saturated heterocycles. The van der Waals surface area contributed by atoms with Crippen LogP contribution in [-0.4, -0.2) is 28.6 Å². The third-order valence-electron chi connectivity index (χ3n) is 3.70. The van der Waals surface area contributed by atoms with Crippen LogP contribution in [0.5, 0.6) is 0 Å². The standard InChI is InChI=1S/C17H20N6O2/c18-16(19)21-8-1-7-20-10-12-2-4-14(5-3-12)23-11-13-6-9-25-15(13)22-17(23)24/h2-6,9,11,20H,1,7-8,10H2,(H4,18,19,21). The zero-order chi connectivity index (χ0) is 17.6. The zero-order valence-corrected chi connectivity index (χ0v) is 13.7. The van der Waals surface area contributed by atoms with Gasteiger partial charge in [-0.15, -0.1) is 0 Å². The predicted octanol–water partition coefficient (Wildman–Crippen LogP) is 0.732. The molecule has 0 bridgehead atoms. The maximum Gasteiger partial charge on any atom is 0.355 e. The summed E-state index contributed by atoms with van der Waals surface area (Å²) in [5, 5.41) is 4.11. The van der Waals surface area contributed by atoms with E-state index in [1.807, 2.05) is 24.3 Å². The van der Waals surface area contributed by atoms with Crippen molar-refractivity contribution in [1.82, 2.24) is 14.9 Å². The van der Waals surface area contributed by atoms with Crippen molar-refractivity contribution in [1.29, 1.82) is 0 Å². The second-order valence-corrected chi connectivity index (χ2v) is 5.58. The van der Waals surface area contributed by atoms with Crippen molar-refractivity contribution in [2.75, 3.05) is 13.1 Å². The van der Waals surface area contributed by atoms with E-state index in [2.05, 4.69) is 15.3 Å². The van der Waals surface area contributed by atoms with Gasteiger partial charge in [-0.3, -0.25) is 9.56 Å². The normalized spacial score (nSPS) is 10.9. The quantitative estimate of drug-likeness (QED) is 0.331. The summed E-state index contributed by atoms with van der Waals surface area (Å²) in [4.78, 5) is 19.9. The first kappa shape index (κ1) is 16.7. The minimum atomic E-state index is -0.368. The average Bonchev–Trinajstić information content (AvgIpc) is 3.05. The van der Waals surface area contributed by atoms with E-state index >= 15 is 0 Å². The van der Waals surface area contributed by atoms with Gasteiger partial charge >= 0.3 is 5.69 Å². The Kier molecular flexibility index (Phi) is 5.10. The van der Waals surface area contributed by atoms with E-state index in [1.54, 1.807) is 12.3 Å². The highest BCUT2D eigenvalue weighted by Crippen LogP contribution is 2.13. The number of aliphatic imine (C=N–C) groups is 1. The monoisotopic (exact) mass is 340 g/mol. The Morgan fingerprint density at radius 2 is 2.04 bits per heavy atom. The van der Waals surface area contributed by atoms with Gasteiger partial charge in [0.05, 0.1) is 17.3 Å². The lowest BCUT2D eigenvalue weighted by atomic mass is 10.2. The lowest BCUT2D eigenvalue weighted by Gasteiger charge is -2.07. The second kappa shape index (κ2) is 7.63. The number of guanidine groups is 1. The highest BCUT2D eigenvalue weighted by atomic mass is 16.3. The predicted molar refractivity (Wildman–Crippen MR) is 96.6 cm³/mol. The Hall–Kier alpha value is -3.13. The average molecular weight is 340 g/mol. The van der Waals surface area contributed by atoms with Gasteiger partial charge in [0.25, 0.3) is 0 Å². The van der Waals surface area contributed by atoms with E-state index in [9.17, 15) is 4.79 Å². The van der Waals surface area contributed by atoms with E-state index in [4.69, 9.17) is 15.9 Å². The molecule has 1 aromatic carbocycles. The van der Waals surface area contributed by atoms with Crippen molar-refractivity contribution in [3.63, 3.8) is 0 Å². The lowest BCUT2D eigenvalue weighted by Crippen LogP contribution is -2.23. The maximum atomic E-state index is 12.1. The van der Waals surface area contributed by atoms with Crippen LogP contribution < -0.4 is 22.5 Å². The molecule has 0 unspecified atom stereocenters. The van der Waals surface area contributed by atoms with E-state index in [0.717, 1.165) is 36.1 Å². The summed E-state index contributed by atoms with van der Waals surface area (Å²) in [7, 11) is 0. The number of nitrogens with one attached hydrogen (secondary N) is 1. The smallest absolute Gasteiger partial charge is 0.355 e. The molecule has 3 rings (SSSR count). The van der Waals surface area contributed by atoms with E-state index in [-0.39, 0.29) is 11.6 Å². The van der Waals surface area contributed by atoms with Gasteiger partial charge in [0, 0.05) is 19.3 Å². The third kappa shape index (κ3) is 4.24. The number of rotatable bonds is 7. The summed E-state index contributed by atoms with van der Waals surface area (Å²) in [5.74, 6) is 0.119. The molecule has 2 aromatic heterocycles. The zero-order valence-electron chi connectivity index (χ0n) is 13.7. The van der Waals surface area contributed by atoms with Gasteiger partial charge in [-0.25, -0.2) is 4.79 Å². The fourth-order valence-corrected chi connectivity index (χ4v) is 2.44. The van der Waals surface area contributed by atoms with Crippen LogP contribution in [0.25, 0.3) is 16.8 Å². The van der Waals surface area contributed by atoms with Crippen LogP contribution in [0.4, 0.5) is 0 Å². The summed E-state index contributed by atoms with van der Waals surface area (Å²) in [6.45, 7) is 2.16. The van der Waals surface area contributed by atoms with E-state index in [0.29, 0.717) is 12.3 Å². The molecule has 8 nitrogen and oxygen atoms in total. The van der Waals surface area contributed by atoms with Crippen molar-refractivity contribution < 1.29 is 4.42 Å². The first-order valence-electron chi connectivity index (χ1n) is 7.96. The van der Waals surface area contributed by atoms with Crippen molar-refractivity contribution in [2.24, 2.45) is 16.5 Å². The van der Waals surface area contributed by atoms with Gasteiger partial charge in [0.15, 0.2) is 5.96 Å². The molecule has 0 fully saturated rings. The molecular weight excluding hydrogens is 320 g/mol. The Balaban J connectivity index is 1.61. The van der Waals surface area contributed by atoms with Crippen molar-refractivity contribution >= 4 is 17.1 Å². The Labute approximate surface area is 144 Å². The molecule has 0 saturated carbocycles. The van der Waals surface area contributed by atoms with Crippen LogP contribution in [0.15, 0.2) is 57.0 Å². The molecule has 0 atom stereocenters. The number of hydrogen-bond acceptors (Lipinski definition) is 5. The van der Waals surface area contributed by atoms with Crippen molar-refractivity contribution in [3.8, 4) is 5.69 Å². The Bertz CT molecular complexity index is 922. The summed E-state index contributed by atoms with van der Waals surface area (Å²) < 4.78 is 6.64. The van der Waals surface area contributed by atoms with Crippen LogP contribution in [0.2, 0.25) is 0 Å². The molecule has 8 heteroatoms. The molecule has 0 amide bonds. The molecule has 5 N–H and O–H groups in total. The van der Waals surface area contributed by atoms with Gasteiger partial charge < -0.3 is 21.2 Å². The van der Waals surface area contributed by atoms with Gasteiger partial charge in [-0.05, 0) is 36.7 Å². The minimum Gasteiger partial charge on any atom is -0.446 e. The lowest BCUT2D eigenvalue weighted by molar-refractivity contribution is 0.599. The van der Waals surface area contributed by atoms with Gasteiger partial charge in [-0.2, -0.15) is 4.98 Å². The largest absolute Gasteiger partial charge is 0.446 e. The molecular formula is C17H20N6O2. The number of nitrogens with zero attached hydrogens (tertiary/aromatic N) is 3. The Morgan fingerprint density at radius 1 is 1.24 bits per heavy atom. The molecule has 3 aromatic rings. The van der Waals surface area contributed by atoms with Gasteiger partial charge in [0.1, 0.15) is 0 Å². The van der Waals surface area contributed by atoms with Crippen molar-refractivity contribution in [2.45, 2.75) is 13.0 Å². The topological polar surface area (TPSA) is 124 Å². The SMILES string of the molecule is NC(N)=NCCCNCc1ccc(-n2cc3ccoc3nc2=O)cc1. The van der Waals surface area contributed by atoms with Crippen LogP contribution in [0, 0.1) is 0 Å². The van der Waals surface area contributed by atoms with Crippen LogP contribution in [-0.2, 0) is 6.54 Å². The van der Waals surface area contributed by atoms with Crippen LogP contribution in [0.3, 0.4) is 0 Å². The summed E-state index contributed by atoms with van der Waals surface area (Å²) in [6, 6.07) is 9.52. The van der Waals surface area contributed by atoms with Crippen LogP contribution in [0.1, 0.15) is 12.0 Å². The fourth-order valence-electron chi connectivity index (χ4n) is 2.44. The first-order valence-corrected chi connectivity index (χ1v) is 7.96. The summed E-state index contributed by atoms with van der Waals surface area (Å²) >= 11 is 0. The molecule has 0 spiro atoms. The number of nitrogens with two attached hydrogens (primary N) is 2. The second-order valence-electron chi connectivity index (χ2n) is 5.58. The number of aromatic nitrogens is 2. The highest BCUT2D eigenvalue weighted by Gasteiger charge is 2.06. The molecule has 0 aliphatic rings. The molecule has 2 heterocycles. The highest BCUT2D eigenvalue weighted by molar-refractivity contribution is 5.75. The number of benzene rings is 1. The molecule has 0 aliphatic carbocycles. The summed E-state index contributed by atoms with van der Waals surface area (Å²) in [6.07, 6.45) is 4.11. The third-order valence-corrected chi connectivity index (χ3v) is 3.70. The van der Waals surface area contributed by atoms with Gasteiger partial charge in [-0.1, -0.05) is 12.1 Å². The molecule has 0 aliphatic heterocycles. The number of hydrogen-bond donors (Lipinski definition) is 3. The molecule has 25 heavy (non-hydrogen) atoms. The van der Waals surface area contributed by atoms with Gasteiger partial charge in [0.2, 0.25) is 5.71 Å². The molecule has 130 valence electrons. The summed E-state index contributed by atoms with van der Waals surface area (Å²) in [5.41, 5.74) is 12.4. The fraction of sp³-hybridized carbons (Fsp3) is 0.235. The molecule has 0 radical (unpaired) electrons. The number of fused-ring (bicyclic) bond motifs is 1. The van der Waals surface area contributed by atoms with E-state index < -0.39 is 0 Å². The first-order chi connectivity index (χ1) is 12.1. The van der Waals surface area contributed by atoms with Crippen molar-refractivity contribution in [3.05, 3.63) is 58.8 Å². The maximum absolute atomic E-state index is 12.1. The Morgan fingerprint density at radius 3 is 2.80 bits per heavy atom. The van der Waals surface area contributed by atoms with Crippen LogP contribution >= 0.6 is 0 Å². The minimum absolute atomic E-state index is 0.119. The van der Waals surface area contributed by atoms with E-state index in [1.165, 1.54) is 10.8 Å². The number of furan rings is 1.